The molecule has 0 amide bonds. The van der Waals surface area contributed by atoms with Crippen molar-refractivity contribution >= 4 is 5.97 Å². The molecule has 0 radical (unpaired) electrons. The summed E-state index contributed by atoms with van der Waals surface area (Å²) < 4.78 is 10.3. The van der Waals surface area contributed by atoms with Crippen molar-refractivity contribution in [3.05, 3.63) is 23.8 Å². The van der Waals surface area contributed by atoms with Crippen LogP contribution < -0.4 is 20.5 Å². The van der Waals surface area contributed by atoms with Gasteiger partial charge in [0.25, 0.3) is 0 Å². The molecule has 0 heterocycles. The number of carboxylic acids is 1. The molecule has 6 nitrogen and oxygen atoms in total. The average Bonchev–Trinajstić information content (AvgIpc) is 2.39. The lowest BCUT2D eigenvalue weighted by Crippen LogP contribution is -2.42. The molecule has 18 heavy (non-hydrogen) atoms. The standard InChI is InChI=1S/C12H18N2O4/c1-14-11(10(13)12(15)16)8-6-7(17-2)4-5-9(8)18-3/h4-6,10-11,14H,13H2,1-3H3,(H,15,16). The molecule has 6 heteroatoms. The number of likely N-dealkylation sites (N-methyl/N-ethyl adjacent to an activating group) is 1. The fraction of sp³-hybridized carbons (Fsp3) is 0.417. The van der Waals surface area contributed by atoms with Crippen molar-refractivity contribution in [3.8, 4) is 11.5 Å². The summed E-state index contributed by atoms with van der Waals surface area (Å²) in [4.78, 5) is 11.0. The van der Waals surface area contributed by atoms with Gasteiger partial charge in [-0.3, -0.25) is 4.79 Å². The van der Waals surface area contributed by atoms with Crippen LogP contribution in [0.2, 0.25) is 0 Å². The molecule has 2 atom stereocenters. The van der Waals surface area contributed by atoms with Crippen LogP contribution in [0.3, 0.4) is 0 Å². The molecule has 0 saturated carbocycles. The second-order valence-electron chi connectivity index (χ2n) is 3.74. The van der Waals surface area contributed by atoms with Crippen LogP contribution in [0.15, 0.2) is 18.2 Å². The van der Waals surface area contributed by atoms with Gasteiger partial charge in [0.1, 0.15) is 17.5 Å². The molecule has 1 aromatic carbocycles. The van der Waals surface area contributed by atoms with E-state index >= 15 is 0 Å². The Balaban J connectivity index is 3.21. The van der Waals surface area contributed by atoms with Crippen LogP contribution in [0.1, 0.15) is 11.6 Å². The van der Waals surface area contributed by atoms with Crippen molar-refractivity contribution < 1.29 is 19.4 Å². The van der Waals surface area contributed by atoms with Gasteiger partial charge in [-0.2, -0.15) is 0 Å². The Morgan fingerprint density at radius 2 is 2.06 bits per heavy atom. The fourth-order valence-corrected chi connectivity index (χ4v) is 1.75. The Labute approximate surface area is 106 Å². The Morgan fingerprint density at radius 3 is 2.50 bits per heavy atom. The summed E-state index contributed by atoms with van der Waals surface area (Å²) in [6.07, 6.45) is 0. The predicted molar refractivity (Wildman–Crippen MR) is 67.0 cm³/mol. The molecule has 0 aliphatic heterocycles. The van der Waals surface area contributed by atoms with Crippen LogP contribution in [-0.4, -0.2) is 38.4 Å². The number of carbonyl (C=O) groups is 1. The van der Waals surface area contributed by atoms with E-state index in [2.05, 4.69) is 5.32 Å². The number of hydrogen-bond donors (Lipinski definition) is 3. The van der Waals surface area contributed by atoms with E-state index in [0.717, 1.165) is 0 Å². The molecule has 4 N–H and O–H groups in total. The molecule has 0 fully saturated rings. The zero-order valence-electron chi connectivity index (χ0n) is 10.6. The maximum Gasteiger partial charge on any atom is 0.322 e. The molecule has 1 rings (SSSR count). The van der Waals surface area contributed by atoms with Gasteiger partial charge in [-0.05, 0) is 25.2 Å². The van der Waals surface area contributed by atoms with Gasteiger partial charge >= 0.3 is 5.97 Å². The van der Waals surface area contributed by atoms with Crippen LogP contribution in [0.25, 0.3) is 0 Å². The maximum atomic E-state index is 11.0. The highest BCUT2D eigenvalue weighted by Crippen LogP contribution is 2.30. The highest BCUT2D eigenvalue weighted by atomic mass is 16.5. The first kappa shape index (κ1) is 14.3. The van der Waals surface area contributed by atoms with Crippen molar-refractivity contribution in [1.82, 2.24) is 5.32 Å². The summed E-state index contributed by atoms with van der Waals surface area (Å²) in [5.41, 5.74) is 6.31. The Morgan fingerprint density at radius 1 is 1.39 bits per heavy atom. The lowest BCUT2D eigenvalue weighted by molar-refractivity contribution is -0.139. The van der Waals surface area contributed by atoms with Crippen LogP contribution in [0.4, 0.5) is 0 Å². The van der Waals surface area contributed by atoms with Crippen molar-refractivity contribution in [2.45, 2.75) is 12.1 Å². The Kier molecular flexibility index (Phi) is 4.94. The number of ether oxygens (including phenoxy) is 2. The number of nitrogens with one attached hydrogen (secondary N) is 1. The van der Waals surface area contributed by atoms with Gasteiger partial charge in [0.05, 0.1) is 20.3 Å². The quantitative estimate of drug-likeness (QED) is 0.679. The van der Waals surface area contributed by atoms with Gasteiger partial charge < -0.3 is 25.6 Å². The first-order valence-corrected chi connectivity index (χ1v) is 5.42. The zero-order chi connectivity index (χ0) is 13.7. The minimum atomic E-state index is -1.08. The first-order chi connectivity index (χ1) is 8.54. The lowest BCUT2D eigenvalue weighted by atomic mass is 9.98. The predicted octanol–water partition coefficient (Wildman–Crippen LogP) is 0.376. The van der Waals surface area contributed by atoms with E-state index in [0.29, 0.717) is 17.1 Å². The number of methoxy groups -OCH3 is 2. The molecule has 0 aromatic heterocycles. The van der Waals surface area contributed by atoms with Gasteiger partial charge in [0.15, 0.2) is 0 Å². The third-order valence-electron chi connectivity index (χ3n) is 2.73. The average molecular weight is 254 g/mol. The van der Waals surface area contributed by atoms with Crippen molar-refractivity contribution in [2.75, 3.05) is 21.3 Å². The normalized spacial score (nSPS) is 13.8. The minimum Gasteiger partial charge on any atom is -0.497 e. The van der Waals surface area contributed by atoms with E-state index < -0.39 is 18.1 Å². The Hall–Kier alpha value is -1.79. The molecule has 0 bridgehead atoms. The number of aliphatic carboxylic acids is 1. The minimum absolute atomic E-state index is 0.562. The molecular formula is C12H18N2O4. The number of benzene rings is 1. The summed E-state index contributed by atoms with van der Waals surface area (Å²) in [5, 5.41) is 11.9. The second-order valence-corrected chi connectivity index (χ2v) is 3.74. The Bertz CT molecular complexity index is 423. The van der Waals surface area contributed by atoms with E-state index in [9.17, 15) is 4.79 Å². The van der Waals surface area contributed by atoms with Gasteiger partial charge in [0, 0.05) is 5.56 Å². The van der Waals surface area contributed by atoms with Crippen molar-refractivity contribution in [3.63, 3.8) is 0 Å². The topological polar surface area (TPSA) is 93.8 Å². The van der Waals surface area contributed by atoms with Gasteiger partial charge in [-0.15, -0.1) is 0 Å². The molecule has 0 aliphatic carbocycles. The molecule has 0 spiro atoms. The van der Waals surface area contributed by atoms with Gasteiger partial charge in [-0.1, -0.05) is 0 Å². The molecule has 1 aromatic rings. The smallest absolute Gasteiger partial charge is 0.322 e. The fourth-order valence-electron chi connectivity index (χ4n) is 1.75. The van der Waals surface area contributed by atoms with Crippen LogP contribution in [0, 0.1) is 0 Å². The highest BCUT2D eigenvalue weighted by Gasteiger charge is 2.27. The largest absolute Gasteiger partial charge is 0.497 e. The first-order valence-electron chi connectivity index (χ1n) is 5.42. The number of nitrogens with two attached hydrogens (primary N) is 1. The summed E-state index contributed by atoms with van der Waals surface area (Å²) in [6.45, 7) is 0. The van der Waals surface area contributed by atoms with Gasteiger partial charge in [-0.25, -0.2) is 0 Å². The van der Waals surface area contributed by atoms with Gasteiger partial charge in [0.2, 0.25) is 0 Å². The van der Waals surface area contributed by atoms with E-state index in [1.165, 1.54) is 14.2 Å². The second kappa shape index (κ2) is 6.23. The molecular weight excluding hydrogens is 236 g/mol. The van der Waals surface area contributed by atoms with Crippen molar-refractivity contribution in [2.24, 2.45) is 5.73 Å². The third kappa shape index (κ3) is 2.91. The van der Waals surface area contributed by atoms with Crippen molar-refractivity contribution in [1.29, 1.82) is 0 Å². The SMILES string of the molecule is CNC(c1cc(OC)ccc1OC)C(N)C(=O)O. The number of rotatable bonds is 6. The van der Waals surface area contributed by atoms with E-state index in [4.69, 9.17) is 20.3 Å². The summed E-state index contributed by atoms with van der Waals surface area (Å²) >= 11 is 0. The zero-order valence-corrected chi connectivity index (χ0v) is 10.6. The molecule has 0 aliphatic rings. The highest BCUT2D eigenvalue weighted by molar-refractivity contribution is 5.75. The summed E-state index contributed by atoms with van der Waals surface area (Å²) in [7, 11) is 4.70. The third-order valence-corrected chi connectivity index (χ3v) is 2.73. The summed E-state index contributed by atoms with van der Waals surface area (Å²) in [5.74, 6) is 0.0923. The van der Waals surface area contributed by atoms with E-state index in [1.807, 2.05) is 0 Å². The molecule has 0 saturated heterocycles. The van der Waals surface area contributed by atoms with E-state index in [-0.39, 0.29) is 0 Å². The monoisotopic (exact) mass is 254 g/mol. The number of carboxylic acid groups (broad SMARTS) is 1. The molecule has 2 unspecified atom stereocenters. The van der Waals surface area contributed by atoms with Crippen LogP contribution >= 0.6 is 0 Å². The van der Waals surface area contributed by atoms with Crippen LogP contribution in [0.5, 0.6) is 11.5 Å². The summed E-state index contributed by atoms with van der Waals surface area (Å²) in [6, 6.07) is 3.53. The van der Waals surface area contributed by atoms with Crippen LogP contribution in [-0.2, 0) is 4.79 Å². The lowest BCUT2D eigenvalue weighted by Gasteiger charge is -2.23. The maximum absolute atomic E-state index is 11.0. The number of hydrogen-bond acceptors (Lipinski definition) is 5. The molecule has 100 valence electrons. The van der Waals surface area contributed by atoms with E-state index in [1.54, 1.807) is 25.2 Å².